The van der Waals surface area contributed by atoms with Crippen LogP contribution in [-0.4, -0.2) is 24.9 Å². The van der Waals surface area contributed by atoms with Crippen molar-refractivity contribution in [2.24, 2.45) is 0 Å². The van der Waals surface area contributed by atoms with Crippen LogP contribution in [0.25, 0.3) is 0 Å². The molecule has 0 heterocycles. The maximum absolute atomic E-state index is 11.3. The monoisotopic (exact) mass is 225 g/mol. The number of nitro benzene ring substituents is 1. The van der Waals surface area contributed by atoms with Gasteiger partial charge >= 0.3 is 5.69 Å². The Morgan fingerprint density at radius 1 is 1.31 bits per heavy atom. The van der Waals surface area contributed by atoms with Crippen LogP contribution in [0.4, 0.5) is 5.69 Å². The van der Waals surface area contributed by atoms with E-state index in [4.69, 9.17) is 9.47 Å². The first-order chi connectivity index (χ1) is 7.52. The summed E-state index contributed by atoms with van der Waals surface area (Å²) in [6.07, 6.45) is 0. The molecule has 0 aromatic heterocycles. The molecule has 0 aliphatic heterocycles. The number of methoxy groups -OCH3 is 2. The van der Waals surface area contributed by atoms with Gasteiger partial charge in [-0.3, -0.25) is 14.9 Å². The van der Waals surface area contributed by atoms with Crippen LogP contribution in [0.5, 0.6) is 11.5 Å². The number of benzene rings is 1. The number of nitro groups is 1. The van der Waals surface area contributed by atoms with Gasteiger partial charge in [-0.1, -0.05) is 0 Å². The van der Waals surface area contributed by atoms with Gasteiger partial charge < -0.3 is 9.47 Å². The maximum atomic E-state index is 11.3. The Morgan fingerprint density at radius 2 is 1.94 bits per heavy atom. The van der Waals surface area contributed by atoms with Crippen molar-refractivity contribution in [3.8, 4) is 11.5 Å². The first-order valence-corrected chi connectivity index (χ1v) is 4.43. The highest BCUT2D eigenvalue weighted by molar-refractivity contribution is 5.98. The summed E-state index contributed by atoms with van der Waals surface area (Å²) >= 11 is 0. The average Bonchev–Trinajstić information content (AvgIpc) is 2.26. The van der Waals surface area contributed by atoms with Crippen LogP contribution in [0.2, 0.25) is 0 Å². The quantitative estimate of drug-likeness (QED) is 0.443. The largest absolute Gasteiger partial charge is 0.490 e. The summed E-state index contributed by atoms with van der Waals surface area (Å²) in [6.45, 7) is 1.31. The minimum absolute atomic E-state index is 0.0619. The van der Waals surface area contributed by atoms with E-state index in [1.54, 1.807) is 0 Å². The van der Waals surface area contributed by atoms with Crippen LogP contribution in [-0.2, 0) is 0 Å². The topological polar surface area (TPSA) is 78.7 Å². The third-order valence-electron chi connectivity index (χ3n) is 2.08. The zero-order valence-corrected chi connectivity index (χ0v) is 9.14. The van der Waals surface area contributed by atoms with Crippen LogP contribution in [0, 0.1) is 10.1 Å². The van der Waals surface area contributed by atoms with Gasteiger partial charge in [0, 0.05) is 0 Å². The molecule has 0 fully saturated rings. The zero-order valence-electron chi connectivity index (χ0n) is 9.14. The van der Waals surface area contributed by atoms with Crippen LogP contribution in [0.1, 0.15) is 17.3 Å². The van der Waals surface area contributed by atoms with Gasteiger partial charge in [0.1, 0.15) is 0 Å². The highest BCUT2D eigenvalue weighted by Gasteiger charge is 2.26. The van der Waals surface area contributed by atoms with Crippen molar-refractivity contribution in [1.82, 2.24) is 0 Å². The normalized spacial score (nSPS) is 9.69. The van der Waals surface area contributed by atoms with Gasteiger partial charge in [0.05, 0.1) is 24.7 Å². The van der Waals surface area contributed by atoms with Crippen molar-refractivity contribution >= 4 is 11.5 Å². The van der Waals surface area contributed by atoms with Crippen molar-refractivity contribution in [1.29, 1.82) is 0 Å². The number of ketones is 1. The second kappa shape index (κ2) is 4.61. The van der Waals surface area contributed by atoms with E-state index in [1.807, 2.05) is 0 Å². The number of hydrogen-bond acceptors (Lipinski definition) is 5. The van der Waals surface area contributed by atoms with E-state index >= 15 is 0 Å². The smallest absolute Gasteiger partial charge is 0.353 e. The van der Waals surface area contributed by atoms with E-state index in [-0.39, 0.29) is 28.5 Å². The number of carbonyl (C=O) groups is 1. The molecule has 86 valence electrons. The minimum atomic E-state index is -0.635. The first-order valence-electron chi connectivity index (χ1n) is 4.43. The zero-order chi connectivity index (χ0) is 12.3. The van der Waals surface area contributed by atoms with Crippen LogP contribution < -0.4 is 9.47 Å². The van der Waals surface area contributed by atoms with E-state index in [0.29, 0.717) is 0 Å². The van der Waals surface area contributed by atoms with Crippen molar-refractivity contribution in [3.05, 3.63) is 27.8 Å². The summed E-state index contributed by atoms with van der Waals surface area (Å²) in [5.41, 5.74) is -0.173. The lowest BCUT2D eigenvalue weighted by Crippen LogP contribution is -2.03. The molecule has 0 aliphatic rings. The standard InChI is InChI=1S/C10H11NO5/c1-6(12)7-4-5-8(15-2)9(11(13)14)10(7)16-3/h4-5H,1-3H3. The Bertz CT molecular complexity index is 441. The molecule has 0 amide bonds. The first kappa shape index (κ1) is 12.0. The lowest BCUT2D eigenvalue weighted by Gasteiger charge is -2.09. The molecule has 0 radical (unpaired) electrons. The van der Waals surface area contributed by atoms with Gasteiger partial charge in [-0.25, -0.2) is 0 Å². The van der Waals surface area contributed by atoms with Gasteiger partial charge in [-0.15, -0.1) is 0 Å². The van der Waals surface area contributed by atoms with Crippen LogP contribution in [0.3, 0.4) is 0 Å². The summed E-state index contributed by atoms with van der Waals surface area (Å²) in [6, 6.07) is 2.81. The number of rotatable bonds is 4. The highest BCUT2D eigenvalue weighted by Crippen LogP contribution is 2.39. The molecular weight excluding hydrogens is 214 g/mol. The molecule has 6 heteroatoms. The molecule has 0 unspecified atom stereocenters. The fourth-order valence-corrected chi connectivity index (χ4v) is 1.37. The van der Waals surface area contributed by atoms with Gasteiger partial charge in [0.2, 0.25) is 11.5 Å². The SMILES string of the molecule is COc1ccc(C(C)=O)c(OC)c1[N+](=O)[O-]. The summed E-state index contributed by atoms with van der Waals surface area (Å²) in [7, 11) is 2.59. The molecule has 0 atom stereocenters. The number of hydrogen-bond donors (Lipinski definition) is 0. The molecule has 0 aliphatic carbocycles. The van der Waals surface area contributed by atoms with E-state index < -0.39 is 4.92 Å². The summed E-state index contributed by atoms with van der Waals surface area (Å²) in [4.78, 5) is 21.5. The molecule has 6 nitrogen and oxygen atoms in total. The van der Waals surface area contributed by atoms with Gasteiger partial charge in [0.25, 0.3) is 0 Å². The Hall–Kier alpha value is -2.11. The molecule has 0 N–H and O–H groups in total. The number of nitrogens with zero attached hydrogens (tertiary/aromatic N) is 1. The second-order valence-electron chi connectivity index (χ2n) is 3.01. The number of Topliss-reactive ketones (excluding diaryl/α,β-unsaturated/α-hetero) is 1. The van der Waals surface area contributed by atoms with E-state index in [9.17, 15) is 14.9 Å². The molecule has 0 saturated carbocycles. The summed E-state index contributed by atoms with van der Waals surface area (Å²) < 4.78 is 9.75. The van der Waals surface area contributed by atoms with E-state index in [1.165, 1.54) is 33.3 Å². The van der Waals surface area contributed by atoms with Crippen molar-refractivity contribution in [2.75, 3.05) is 14.2 Å². The van der Waals surface area contributed by atoms with Crippen LogP contribution in [0.15, 0.2) is 12.1 Å². The Morgan fingerprint density at radius 3 is 2.31 bits per heavy atom. The predicted octanol–water partition coefficient (Wildman–Crippen LogP) is 1.81. The van der Waals surface area contributed by atoms with Gasteiger partial charge in [-0.2, -0.15) is 0 Å². The third-order valence-corrected chi connectivity index (χ3v) is 2.08. The molecule has 0 saturated heterocycles. The maximum Gasteiger partial charge on any atom is 0.353 e. The average molecular weight is 225 g/mol. The molecular formula is C10H11NO5. The highest BCUT2D eigenvalue weighted by atomic mass is 16.6. The van der Waals surface area contributed by atoms with Crippen LogP contribution >= 0.6 is 0 Å². The Balaban J connectivity index is 3.56. The fraction of sp³-hybridized carbons (Fsp3) is 0.300. The van der Waals surface area contributed by atoms with Crippen molar-refractivity contribution in [3.63, 3.8) is 0 Å². The van der Waals surface area contributed by atoms with E-state index in [2.05, 4.69) is 0 Å². The van der Waals surface area contributed by atoms with Gasteiger partial charge in [0.15, 0.2) is 5.78 Å². The number of ether oxygens (including phenoxy) is 2. The molecule has 0 bridgehead atoms. The van der Waals surface area contributed by atoms with Gasteiger partial charge in [-0.05, 0) is 19.1 Å². The molecule has 0 spiro atoms. The third kappa shape index (κ3) is 1.95. The number of carbonyl (C=O) groups excluding carboxylic acids is 1. The van der Waals surface area contributed by atoms with Crippen molar-refractivity contribution < 1.29 is 19.2 Å². The molecule has 1 aromatic carbocycles. The van der Waals surface area contributed by atoms with E-state index in [0.717, 1.165) is 0 Å². The predicted molar refractivity (Wildman–Crippen MR) is 56.2 cm³/mol. The molecule has 16 heavy (non-hydrogen) atoms. The summed E-state index contributed by atoms with van der Waals surface area (Å²) in [5, 5.41) is 10.9. The molecule has 1 aromatic rings. The lowest BCUT2D eigenvalue weighted by atomic mass is 10.1. The van der Waals surface area contributed by atoms with Crippen molar-refractivity contribution in [2.45, 2.75) is 6.92 Å². The Kier molecular flexibility index (Phi) is 3.44. The minimum Gasteiger partial charge on any atom is -0.490 e. The fourth-order valence-electron chi connectivity index (χ4n) is 1.37. The summed E-state index contributed by atoms with van der Waals surface area (Å²) in [5.74, 6) is -0.314. The Labute approximate surface area is 91.9 Å². The second-order valence-corrected chi connectivity index (χ2v) is 3.01. The molecule has 1 rings (SSSR count). The lowest BCUT2D eigenvalue weighted by molar-refractivity contribution is -0.386.